The van der Waals surface area contributed by atoms with Gasteiger partial charge >= 0.3 is 24.3 Å². The predicted octanol–water partition coefficient (Wildman–Crippen LogP) is 10.9. The fourth-order valence-corrected chi connectivity index (χ4v) is 8.18. The van der Waals surface area contributed by atoms with Crippen LogP contribution in [0.3, 0.4) is 0 Å². The number of fused-ring (bicyclic) bond motifs is 2. The van der Waals surface area contributed by atoms with E-state index in [1.165, 1.54) is 35.4 Å². The molecule has 5 N–H and O–H groups in total. The van der Waals surface area contributed by atoms with Gasteiger partial charge in [0.2, 0.25) is 10.9 Å². The SMILES string of the molecule is C.C.C.CC(C)(C)OC(=O)[C@H]1CCCN1c1ccc(NC(=O)c2c[nH]c3ccccc3c2=O)c(C(F)(F)F)c1.O=C(Nc1ccc(N2CCC[C@@H]2C(=O)O)cc1C(F)(F)F)c1c[nH]c2ccccc2c1=O. The van der Waals surface area contributed by atoms with E-state index in [1.807, 2.05) is 0 Å². The van der Waals surface area contributed by atoms with Crippen LogP contribution in [0.25, 0.3) is 21.8 Å². The number of carboxylic acids is 1. The number of ether oxygens (including phenoxy) is 1. The van der Waals surface area contributed by atoms with Crippen LogP contribution in [0, 0.1) is 0 Å². The summed E-state index contributed by atoms with van der Waals surface area (Å²) in [7, 11) is 0. The number of carbonyl (C=O) groups is 4. The first-order chi connectivity index (χ1) is 32.0. The van der Waals surface area contributed by atoms with Crippen molar-refractivity contribution < 1.29 is 55.4 Å². The number of hydrogen-bond donors (Lipinski definition) is 5. The molecule has 380 valence electrons. The number of carboxylic acid groups (broad SMARTS) is 1. The van der Waals surface area contributed by atoms with Crippen molar-refractivity contribution >= 4 is 68.3 Å². The first-order valence-electron chi connectivity index (χ1n) is 21.3. The Morgan fingerprint density at radius 1 is 0.620 bits per heavy atom. The lowest BCUT2D eigenvalue weighted by atomic mass is 10.1. The van der Waals surface area contributed by atoms with Crippen LogP contribution < -0.4 is 31.3 Å². The molecular formula is C51H56F6N6O8. The zero-order chi connectivity index (χ0) is 49.3. The minimum Gasteiger partial charge on any atom is -0.480 e. The molecule has 71 heavy (non-hydrogen) atoms. The van der Waals surface area contributed by atoms with Gasteiger partial charge in [-0.05, 0) is 107 Å². The van der Waals surface area contributed by atoms with Crippen LogP contribution in [0.2, 0.25) is 0 Å². The van der Waals surface area contributed by atoms with Gasteiger partial charge in [-0.15, -0.1) is 0 Å². The molecule has 8 rings (SSSR count). The Morgan fingerprint density at radius 2 is 1.01 bits per heavy atom. The summed E-state index contributed by atoms with van der Waals surface area (Å²) in [4.78, 5) is 83.4. The van der Waals surface area contributed by atoms with E-state index in [0.717, 1.165) is 30.5 Å². The Bertz CT molecular complexity index is 3050. The highest BCUT2D eigenvalue weighted by Crippen LogP contribution is 2.41. The van der Waals surface area contributed by atoms with Crippen LogP contribution in [0.4, 0.5) is 49.1 Å². The summed E-state index contributed by atoms with van der Waals surface area (Å²) < 4.78 is 88.7. The van der Waals surface area contributed by atoms with Crippen LogP contribution in [0.5, 0.6) is 0 Å². The predicted molar refractivity (Wildman–Crippen MR) is 262 cm³/mol. The van der Waals surface area contributed by atoms with E-state index in [4.69, 9.17) is 4.74 Å². The third-order valence-electron chi connectivity index (χ3n) is 11.3. The number of nitrogens with one attached hydrogen (secondary N) is 4. The zero-order valence-electron chi connectivity index (χ0n) is 36.6. The fraction of sp³-hybridized carbons (Fsp3) is 0.333. The second kappa shape index (κ2) is 22.0. The number of para-hydroxylation sites is 2. The lowest BCUT2D eigenvalue weighted by molar-refractivity contribution is -0.156. The minimum atomic E-state index is -4.81. The first-order valence-corrected chi connectivity index (χ1v) is 21.3. The van der Waals surface area contributed by atoms with Crippen LogP contribution in [0.1, 0.15) is 101 Å². The smallest absolute Gasteiger partial charge is 0.418 e. The Hall–Kier alpha value is -7.64. The molecule has 2 fully saturated rings. The quantitative estimate of drug-likeness (QED) is 0.0723. The van der Waals surface area contributed by atoms with Gasteiger partial charge in [-0.3, -0.25) is 19.2 Å². The van der Waals surface area contributed by atoms with E-state index >= 15 is 0 Å². The molecule has 0 aliphatic carbocycles. The number of aliphatic carboxylic acids is 1. The lowest BCUT2D eigenvalue weighted by Gasteiger charge is -2.29. The van der Waals surface area contributed by atoms with Crippen molar-refractivity contribution in [3.63, 3.8) is 0 Å². The standard InChI is InChI=1S/C26H26F3N3O4.C22H18F3N3O4.3CH4/c1-25(2,3)36-24(35)21-9-6-12-32(21)15-10-11-20(18(13-15)26(27,28)29)31-23(34)17-14-30-19-8-5-4-7-16(19)22(17)33;23-22(24,25)15-10-12(28-9-3-6-18(28)21(31)32)7-8-17(15)27-20(30)14-11-26-16-5-2-1-4-13(16)19(14)29;;;/h4-5,7-8,10-11,13-14,21H,6,9,12H2,1-3H3,(H,30,33)(H,31,34);1-2,4-5,7-8,10-11,18H,3,6,9H2,(H,26,29)(H,27,30)(H,31,32);3*1H4/t21-;18-;;;/m11.../s1. The molecule has 4 aromatic carbocycles. The molecule has 2 aliphatic rings. The number of aromatic amines is 2. The lowest BCUT2D eigenvalue weighted by Crippen LogP contribution is -2.40. The van der Waals surface area contributed by atoms with Crippen molar-refractivity contribution in [2.75, 3.05) is 33.5 Å². The van der Waals surface area contributed by atoms with Gasteiger partial charge in [0.05, 0.1) is 22.5 Å². The van der Waals surface area contributed by atoms with Gasteiger partial charge in [0.25, 0.3) is 11.8 Å². The van der Waals surface area contributed by atoms with E-state index in [0.29, 0.717) is 49.8 Å². The zero-order valence-corrected chi connectivity index (χ0v) is 36.6. The Labute approximate surface area is 405 Å². The topological polar surface area (TPSA) is 194 Å². The maximum atomic E-state index is 14.0. The van der Waals surface area contributed by atoms with Crippen LogP contribution in [-0.4, -0.2) is 69.6 Å². The third kappa shape index (κ3) is 12.4. The Kier molecular flexibility index (Phi) is 17.3. The number of halogens is 6. The number of anilines is 4. The number of pyridine rings is 2. The molecule has 0 bridgehead atoms. The monoisotopic (exact) mass is 994 g/mol. The minimum absolute atomic E-state index is 0. The van der Waals surface area contributed by atoms with Gasteiger partial charge in [0, 0.05) is 58.7 Å². The van der Waals surface area contributed by atoms with E-state index in [9.17, 15) is 60.2 Å². The molecule has 0 radical (unpaired) electrons. The highest BCUT2D eigenvalue weighted by molar-refractivity contribution is 6.07. The van der Waals surface area contributed by atoms with Crippen molar-refractivity contribution in [2.45, 2.75) is 98.8 Å². The highest BCUT2D eigenvalue weighted by atomic mass is 19.4. The molecule has 2 atom stereocenters. The second-order valence-corrected chi connectivity index (χ2v) is 17.1. The number of aromatic nitrogens is 2. The normalized spacial score (nSPS) is 15.6. The Balaban J connectivity index is 0.000000298. The van der Waals surface area contributed by atoms with Crippen LogP contribution in [-0.2, 0) is 26.7 Å². The van der Waals surface area contributed by atoms with Crippen molar-refractivity contribution in [3.8, 4) is 0 Å². The summed E-state index contributed by atoms with van der Waals surface area (Å²) in [6, 6.07) is 18.0. The van der Waals surface area contributed by atoms with E-state index < -0.39 is 87.1 Å². The van der Waals surface area contributed by atoms with E-state index in [1.54, 1.807) is 62.1 Å². The number of nitrogens with zero attached hydrogens (tertiary/aromatic N) is 2. The number of rotatable bonds is 8. The molecule has 0 saturated carbocycles. The molecule has 4 heterocycles. The van der Waals surface area contributed by atoms with E-state index in [2.05, 4.69) is 20.6 Å². The summed E-state index contributed by atoms with van der Waals surface area (Å²) in [5.74, 6) is -3.56. The molecule has 14 nitrogen and oxygen atoms in total. The number of alkyl halides is 6. The highest BCUT2D eigenvalue weighted by Gasteiger charge is 2.39. The van der Waals surface area contributed by atoms with Crippen molar-refractivity contribution in [1.29, 1.82) is 0 Å². The maximum Gasteiger partial charge on any atom is 0.418 e. The fourth-order valence-electron chi connectivity index (χ4n) is 8.18. The van der Waals surface area contributed by atoms with Crippen LogP contribution in [0.15, 0.2) is 107 Å². The Morgan fingerprint density at radius 3 is 1.41 bits per heavy atom. The van der Waals surface area contributed by atoms with Gasteiger partial charge in [-0.1, -0.05) is 46.5 Å². The van der Waals surface area contributed by atoms with E-state index in [-0.39, 0.29) is 55.6 Å². The number of H-pyrrole nitrogens is 2. The molecule has 0 unspecified atom stereocenters. The van der Waals surface area contributed by atoms with Gasteiger partial charge in [-0.25, -0.2) is 9.59 Å². The third-order valence-corrected chi connectivity index (χ3v) is 11.3. The first kappa shape index (κ1) is 56.0. The molecule has 20 heteroatoms. The molecule has 2 aromatic heterocycles. The van der Waals surface area contributed by atoms with Gasteiger partial charge in [-0.2, -0.15) is 26.3 Å². The van der Waals surface area contributed by atoms with Crippen LogP contribution >= 0.6 is 0 Å². The number of esters is 1. The number of carbonyl (C=O) groups excluding carboxylic acids is 3. The summed E-state index contributed by atoms with van der Waals surface area (Å²) in [5.41, 5.74) is -4.50. The molecule has 2 amide bonds. The summed E-state index contributed by atoms with van der Waals surface area (Å²) in [5, 5.41) is 14.2. The molecule has 2 saturated heterocycles. The molecule has 6 aromatic rings. The van der Waals surface area contributed by atoms with Crippen molar-refractivity contribution in [2.24, 2.45) is 0 Å². The average molecular weight is 995 g/mol. The number of hydrogen-bond acceptors (Lipinski definition) is 9. The van der Waals surface area contributed by atoms with Gasteiger partial charge in [0.1, 0.15) is 28.8 Å². The van der Waals surface area contributed by atoms with Gasteiger partial charge < -0.3 is 40.2 Å². The summed E-state index contributed by atoms with van der Waals surface area (Å²) >= 11 is 0. The summed E-state index contributed by atoms with van der Waals surface area (Å²) in [6.45, 7) is 5.88. The molecular weight excluding hydrogens is 939 g/mol. The second-order valence-electron chi connectivity index (χ2n) is 17.1. The largest absolute Gasteiger partial charge is 0.480 e. The van der Waals surface area contributed by atoms with Crippen molar-refractivity contribution in [3.05, 3.63) is 140 Å². The number of amides is 2. The number of benzene rings is 4. The average Bonchev–Trinajstić information content (AvgIpc) is 3.98. The van der Waals surface area contributed by atoms with Crippen molar-refractivity contribution in [1.82, 2.24) is 9.97 Å². The van der Waals surface area contributed by atoms with Gasteiger partial charge in [0.15, 0.2) is 0 Å². The summed E-state index contributed by atoms with van der Waals surface area (Å²) in [6.07, 6.45) is -5.32. The molecule has 2 aliphatic heterocycles. The maximum absolute atomic E-state index is 14.0. The molecule has 0 spiro atoms.